The van der Waals surface area contributed by atoms with Gasteiger partial charge in [0.25, 0.3) is 0 Å². The summed E-state index contributed by atoms with van der Waals surface area (Å²) in [7, 11) is -1.66. The highest BCUT2D eigenvalue weighted by Crippen LogP contribution is 2.30. The molecule has 1 amide bonds. The molecule has 2 aliphatic heterocycles. The highest BCUT2D eigenvalue weighted by atomic mass is 35.5. The number of sulfonamides is 1. The lowest BCUT2D eigenvalue weighted by molar-refractivity contribution is -0.138. The van der Waals surface area contributed by atoms with E-state index in [1.165, 1.54) is 16.4 Å². The molecule has 0 bridgehead atoms. The quantitative estimate of drug-likeness (QED) is 0.752. The molecular weight excluding hydrogens is 397 g/mol. The van der Waals surface area contributed by atoms with Crippen LogP contribution in [0.1, 0.15) is 12.8 Å². The van der Waals surface area contributed by atoms with Gasteiger partial charge in [0, 0.05) is 50.2 Å². The van der Waals surface area contributed by atoms with Crippen LogP contribution in [0.15, 0.2) is 23.1 Å². The third-order valence-electron chi connectivity index (χ3n) is 5.13. The number of piperazine rings is 1. The van der Waals surface area contributed by atoms with Crippen LogP contribution in [0.4, 0.5) is 0 Å². The Balaban J connectivity index is 1.64. The van der Waals surface area contributed by atoms with Crippen molar-refractivity contribution < 1.29 is 13.2 Å². The Morgan fingerprint density at radius 1 is 1.04 bits per heavy atom. The fourth-order valence-electron chi connectivity index (χ4n) is 3.44. The molecule has 0 atom stereocenters. The van der Waals surface area contributed by atoms with Gasteiger partial charge in [-0.3, -0.25) is 4.79 Å². The zero-order valence-electron chi connectivity index (χ0n) is 14.7. The molecule has 9 heteroatoms. The summed E-state index contributed by atoms with van der Waals surface area (Å²) in [6.45, 7) is 3.88. The van der Waals surface area contributed by atoms with Gasteiger partial charge in [0.1, 0.15) is 4.90 Å². The van der Waals surface area contributed by atoms with E-state index in [1.807, 2.05) is 11.9 Å². The molecule has 1 aromatic rings. The van der Waals surface area contributed by atoms with Crippen LogP contribution < -0.4 is 0 Å². The van der Waals surface area contributed by atoms with Crippen molar-refractivity contribution >= 4 is 39.1 Å². The predicted molar refractivity (Wildman–Crippen MR) is 102 cm³/mol. The van der Waals surface area contributed by atoms with Crippen LogP contribution in [0, 0.1) is 5.92 Å². The second-order valence-corrected chi connectivity index (χ2v) is 9.63. The van der Waals surface area contributed by atoms with Crippen LogP contribution in [-0.4, -0.2) is 74.7 Å². The minimum absolute atomic E-state index is 0.0236. The third-order valence-corrected chi connectivity index (χ3v) is 7.74. The highest BCUT2D eigenvalue weighted by molar-refractivity contribution is 7.89. The molecular formula is C17H23Cl2N3O3S. The van der Waals surface area contributed by atoms with Gasteiger partial charge in [-0.15, -0.1) is 0 Å². The number of likely N-dealkylation sites (N-methyl/N-ethyl adjacent to an activating group) is 1. The molecule has 3 rings (SSSR count). The summed E-state index contributed by atoms with van der Waals surface area (Å²) in [6, 6.07) is 4.42. The zero-order chi connectivity index (χ0) is 18.9. The Morgan fingerprint density at radius 3 is 2.27 bits per heavy atom. The van der Waals surface area contributed by atoms with Crippen LogP contribution in [0.3, 0.4) is 0 Å². The monoisotopic (exact) mass is 419 g/mol. The van der Waals surface area contributed by atoms with Crippen LogP contribution in [0.5, 0.6) is 0 Å². The number of amides is 1. The molecule has 2 heterocycles. The van der Waals surface area contributed by atoms with Gasteiger partial charge in [-0.2, -0.15) is 4.31 Å². The number of carbonyl (C=O) groups excluding carboxylic acids is 1. The van der Waals surface area contributed by atoms with Crippen LogP contribution >= 0.6 is 23.2 Å². The second kappa shape index (κ2) is 8.02. The molecule has 0 unspecified atom stereocenters. The lowest BCUT2D eigenvalue weighted by atomic mass is 9.96. The fourth-order valence-corrected chi connectivity index (χ4v) is 5.65. The molecule has 2 aliphatic rings. The van der Waals surface area contributed by atoms with Crippen LogP contribution in [0.25, 0.3) is 0 Å². The summed E-state index contributed by atoms with van der Waals surface area (Å²) in [5.41, 5.74) is 0. The van der Waals surface area contributed by atoms with Gasteiger partial charge >= 0.3 is 0 Å². The van der Waals surface area contributed by atoms with Crippen molar-refractivity contribution in [1.82, 2.24) is 14.1 Å². The summed E-state index contributed by atoms with van der Waals surface area (Å²) >= 11 is 12.0. The first-order chi connectivity index (χ1) is 12.3. The van der Waals surface area contributed by atoms with Crippen molar-refractivity contribution in [1.29, 1.82) is 0 Å². The van der Waals surface area contributed by atoms with Gasteiger partial charge in [-0.1, -0.05) is 23.2 Å². The van der Waals surface area contributed by atoms with Gasteiger partial charge in [-0.25, -0.2) is 8.42 Å². The summed E-state index contributed by atoms with van der Waals surface area (Å²) in [6.07, 6.45) is 1.06. The molecule has 0 N–H and O–H groups in total. The van der Waals surface area contributed by atoms with Gasteiger partial charge in [-0.05, 0) is 38.1 Å². The SMILES string of the molecule is CN1CCN(C(=O)C2CCN(S(=O)(=O)c3cc(Cl)ccc3Cl)CC2)CC1. The van der Waals surface area contributed by atoms with Crippen LogP contribution in [0.2, 0.25) is 10.0 Å². The number of piperidine rings is 1. The van der Waals surface area contributed by atoms with Gasteiger partial charge in [0.15, 0.2) is 0 Å². The lowest BCUT2D eigenvalue weighted by Gasteiger charge is -2.37. The average molecular weight is 420 g/mol. The van der Waals surface area contributed by atoms with Crippen molar-refractivity contribution in [3.63, 3.8) is 0 Å². The Kier molecular flexibility index (Phi) is 6.14. The van der Waals surface area contributed by atoms with Crippen LogP contribution in [-0.2, 0) is 14.8 Å². The summed E-state index contributed by atoms with van der Waals surface area (Å²) in [5.74, 6) is 0.0376. The van der Waals surface area contributed by atoms with Gasteiger partial charge < -0.3 is 9.80 Å². The van der Waals surface area contributed by atoms with Crippen molar-refractivity contribution in [2.75, 3.05) is 46.3 Å². The maximum atomic E-state index is 12.9. The first-order valence-electron chi connectivity index (χ1n) is 8.71. The van der Waals surface area contributed by atoms with Crippen molar-refractivity contribution in [2.24, 2.45) is 5.92 Å². The number of rotatable bonds is 3. The van der Waals surface area contributed by atoms with E-state index in [-0.39, 0.29) is 21.7 Å². The van der Waals surface area contributed by atoms with E-state index in [4.69, 9.17) is 23.2 Å². The number of halogens is 2. The molecule has 0 radical (unpaired) electrons. The second-order valence-electron chi connectivity index (χ2n) is 6.88. The standard InChI is InChI=1S/C17H23Cl2N3O3S/c1-20-8-10-21(11-9-20)17(23)13-4-6-22(7-5-13)26(24,25)16-12-14(18)2-3-15(16)19/h2-3,12-13H,4-11H2,1H3. The van der Waals surface area contributed by atoms with E-state index < -0.39 is 10.0 Å². The van der Waals surface area contributed by atoms with E-state index in [2.05, 4.69) is 4.90 Å². The smallest absolute Gasteiger partial charge is 0.244 e. The highest BCUT2D eigenvalue weighted by Gasteiger charge is 2.35. The number of carbonyl (C=O) groups is 1. The molecule has 0 saturated carbocycles. The molecule has 0 aliphatic carbocycles. The molecule has 2 fully saturated rings. The fraction of sp³-hybridized carbons (Fsp3) is 0.588. The first-order valence-corrected chi connectivity index (χ1v) is 10.9. The topological polar surface area (TPSA) is 60.9 Å². The van der Waals surface area contributed by atoms with E-state index in [0.717, 1.165) is 26.2 Å². The Morgan fingerprint density at radius 2 is 1.65 bits per heavy atom. The Hall–Kier alpha value is -0.860. The minimum Gasteiger partial charge on any atom is -0.340 e. The van der Waals surface area contributed by atoms with Gasteiger partial charge in [0.05, 0.1) is 5.02 Å². The normalized spacial score (nSPS) is 21.1. The molecule has 0 spiro atoms. The molecule has 6 nitrogen and oxygen atoms in total. The maximum absolute atomic E-state index is 12.9. The molecule has 26 heavy (non-hydrogen) atoms. The molecule has 0 aromatic heterocycles. The van der Waals surface area contributed by atoms with Crippen molar-refractivity contribution in [2.45, 2.75) is 17.7 Å². The predicted octanol–water partition coefficient (Wildman–Crippen LogP) is 2.17. The van der Waals surface area contributed by atoms with Crippen molar-refractivity contribution in [3.05, 3.63) is 28.2 Å². The number of hydrogen-bond donors (Lipinski definition) is 0. The first kappa shape index (κ1) is 19.9. The number of nitrogens with zero attached hydrogens (tertiary/aromatic N) is 3. The average Bonchev–Trinajstić information content (AvgIpc) is 2.64. The molecule has 2 saturated heterocycles. The summed E-state index contributed by atoms with van der Waals surface area (Å²) < 4.78 is 27.1. The van der Waals surface area contributed by atoms with E-state index in [0.29, 0.717) is 31.0 Å². The van der Waals surface area contributed by atoms with E-state index in [9.17, 15) is 13.2 Å². The van der Waals surface area contributed by atoms with E-state index in [1.54, 1.807) is 6.07 Å². The molecule has 1 aromatic carbocycles. The van der Waals surface area contributed by atoms with E-state index >= 15 is 0 Å². The largest absolute Gasteiger partial charge is 0.340 e. The minimum atomic E-state index is -3.71. The van der Waals surface area contributed by atoms with Gasteiger partial charge in [0.2, 0.25) is 15.9 Å². The van der Waals surface area contributed by atoms with Crippen molar-refractivity contribution in [3.8, 4) is 0 Å². The summed E-state index contributed by atoms with van der Waals surface area (Å²) in [4.78, 5) is 16.8. The zero-order valence-corrected chi connectivity index (χ0v) is 17.0. The summed E-state index contributed by atoms with van der Waals surface area (Å²) in [5, 5.41) is 0.484. The maximum Gasteiger partial charge on any atom is 0.244 e. The number of hydrogen-bond acceptors (Lipinski definition) is 4. The number of benzene rings is 1. The molecule has 144 valence electrons. The third kappa shape index (κ3) is 4.17. The Bertz CT molecular complexity index is 771. The lowest BCUT2D eigenvalue weighted by Crippen LogP contribution is -2.51. The Labute approximate surface area is 164 Å².